The molecule has 0 atom stereocenters. The molecule has 1 aliphatic rings. The third kappa shape index (κ3) is 5.31. The van der Waals surface area contributed by atoms with Crippen LogP contribution in [0.4, 0.5) is 33.6 Å². The van der Waals surface area contributed by atoms with Crippen LogP contribution >= 0.6 is 0 Å². The van der Waals surface area contributed by atoms with Crippen molar-refractivity contribution in [3.05, 3.63) is 65.4 Å². The number of nitrogens with one attached hydrogen (secondary N) is 3. The van der Waals surface area contributed by atoms with Gasteiger partial charge in [-0.05, 0) is 81.1 Å². The van der Waals surface area contributed by atoms with E-state index in [1.165, 1.54) is 18.4 Å². The summed E-state index contributed by atoms with van der Waals surface area (Å²) in [6.07, 6.45) is 2.37. The number of rotatable bonds is 5. The van der Waals surface area contributed by atoms with Gasteiger partial charge in [-0.25, -0.2) is 9.78 Å². The summed E-state index contributed by atoms with van der Waals surface area (Å²) in [6, 6.07) is 15.1. The quantitative estimate of drug-likeness (QED) is 0.519. The van der Waals surface area contributed by atoms with Crippen LogP contribution in [0.5, 0.6) is 0 Å². The Morgan fingerprint density at radius 2 is 1.45 bits per heavy atom. The molecule has 1 aromatic heterocycles. The van der Waals surface area contributed by atoms with Crippen LogP contribution in [0.3, 0.4) is 0 Å². The van der Waals surface area contributed by atoms with Crippen LogP contribution in [0.1, 0.15) is 29.7 Å². The average Bonchev–Trinajstić information content (AvgIpc) is 3.27. The molecular formula is C24H28N6O. The minimum Gasteiger partial charge on any atom is -0.341 e. The minimum atomic E-state index is -0.273. The fourth-order valence-electron chi connectivity index (χ4n) is 3.57. The SMILES string of the molecule is Cc1cc(Nc2ccc(NC(=O)Nc3ccc(C)c(C)c3)cc2)nc(N2CCCC2)n1. The first-order chi connectivity index (χ1) is 15.0. The highest BCUT2D eigenvalue weighted by atomic mass is 16.2. The molecule has 0 saturated carbocycles. The molecule has 1 aliphatic heterocycles. The highest BCUT2D eigenvalue weighted by molar-refractivity contribution is 5.99. The molecule has 0 aliphatic carbocycles. The molecule has 3 aromatic rings. The molecule has 2 aromatic carbocycles. The van der Waals surface area contributed by atoms with Crippen molar-refractivity contribution in [2.75, 3.05) is 33.9 Å². The van der Waals surface area contributed by atoms with E-state index in [2.05, 4.69) is 30.8 Å². The Balaban J connectivity index is 1.38. The third-order valence-electron chi connectivity index (χ3n) is 5.41. The van der Waals surface area contributed by atoms with Crippen LogP contribution in [0, 0.1) is 20.8 Å². The number of hydrogen-bond acceptors (Lipinski definition) is 5. The average molecular weight is 417 g/mol. The van der Waals surface area contributed by atoms with Crippen molar-refractivity contribution in [1.82, 2.24) is 9.97 Å². The topological polar surface area (TPSA) is 82.2 Å². The molecule has 1 fully saturated rings. The van der Waals surface area contributed by atoms with Gasteiger partial charge in [-0.15, -0.1) is 0 Å². The molecule has 7 nitrogen and oxygen atoms in total. The van der Waals surface area contributed by atoms with Crippen LogP contribution in [-0.2, 0) is 0 Å². The molecule has 160 valence electrons. The van der Waals surface area contributed by atoms with E-state index in [9.17, 15) is 4.79 Å². The summed E-state index contributed by atoms with van der Waals surface area (Å²) < 4.78 is 0. The first kappa shape index (κ1) is 20.7. The molecule has 3 N–H and O–H groups in total. The van der Waals surface area contributed by atoms with E-state index < -0.39 is 0 Å². The van der Waals surface area contributed by atoms with Gasteiger partial charge in [0, 0.05) is 41.9 Å². The Labute approximate surface area is 182 Å². The zero-order chi connectivity index (χ0) is 21.8. The van der Waals surface area contributed by atoms with Crippen LogP contribution < -0.4 is 20.9 Å². The molecule has 31 heavy (non-hydrogen) atoms. The maximum atomic E-state index is 12.3. The van der Waals surface area contributed by atoms with Crippen molar-refractivity contribution in [2.24, 2.45) is 0 Å². The molecular weight excluding hydrogens is 388 g/mol. The van der Waals surface area contributed by atoms with Gasteiger partial charge in [0.15, 0.2) is 0 Å². The summed E-state index contributed by atoms with van der Waals surface area (Å²) in [7, 11) is 0. The van der Waals surface area contributed by atoms with Crippen molar-refractivity contribution in [1.29, 1.82) is 0 Å². The van der Waals surface area contributed by atoms with Crippen molar-refractivity contribution in [2.45, 2.75) is 33.6 Å². The summed E-state index contributed by atoms with van der Waals surface area (Å²) in [5.41, 5.74) is 5.64. The number of benzene rings is 2. The molecule has 0 radical (unpaired) electrons. The maximum Gasteiger partial charge on any atom is 0.323 e. The van der Waals surface area contributed by atoms with Crippen molar-refractivity contribution >= 4 is 34.9 Å². The van der Waals surface area contributed by atoms with Gasteiger partial charge in [-0.3, -0.25) is 0 Å². The standard InChI is InChI=1S/C24H28N6O/c1-16-6-7-21(14-17(16)2)28-24(31)27-20-10-8-19(9-11-20)26-22-15-18(3)25-23(29-22)30-12-4-5-13-30/h6-11,14-15H,4-5,12-13H2,1-3H3,(H,25,26,29)(H2,27,28,31). The predicted octanol–water partition coefficient (Wildman–Crippen LogP) is 5.39. The Kier molecular flexibility index (Phi) is 6.02. The molecule has 7 heteroatoms. The second-order valence-electron chi connectivity index (χ2n) is 7.97. The largest absolute Gasteiger partial charge is 0.341 e. The van der Waals surface area contributed by atoms with Crippen LogP contribution in [-0.4, -0.2) is 29.1 Å². The van der Waals surface area contributed by atoms with E-state index in [0.717, 1.165) is 47.5 Å². The number of carbonyl (C=O) groups is 1. The highest BCUT2D eigenvalue weighted by Crippen LogP contribution is 2.22. The summed E-state index contributed by atoms with van der Waals surface area (Å²) in [6.45, 7) is 8.07. The molecule has 4 rings (SSSR count). The van der Waals surface area contributed by atoms with E-state index in [-0.39, 0.29) is 6.03 Å². The smallest absolute Gasteiger partial charge is 0.323 e. The predicted molar refractivity (Wildman–Crippen MR) is 126 cm³/mol. The summed E-state index contributed by atoms with van der Waals surface area (Å²) in [5.74, 6) is 1.55. The molecule has 1 saturated heterocycles. The number of amides is 2. The molecule has 0 bridgehead atoms. The highest BCUT2D eigenvalue weighted by Gasteiger charge is 2.16. The Morgan fingerprint density at radius 3 is 2.16 bits per heavy atom. The van der Waals surface area contributed by atoms with Crippen molar-refractivity contribution in [3.63, 3.8) is 0 Å². The van der Waals surface area contributed by atoms with Crippen LogP contribution in [0.2, 0.25) is 0 Å². The fourth-order valence-corrected chi connectivity index (χ4v) is 3.57. The fraction of sp³-hybridized carbons (Fsp3) is 0.292. The van der Waals surface area contributed by atoms with Gasteiger partial charge >= 0.3 is 6.03 Å². The maximum absolute atomic E-state index is 12.3. The first-order valence-corrected chi connectivity index (χ1v) is 10.6. The van der Waals surface area contributed by atoms with Crippen LogP contribution in [0.25, 0.3) is 0 Å². The second-order valence-corrected chi connectivity index (χ2v) is 7.97. The number of aryl methyl sites for hydroxylation is 3. The number of urea groups is 1. The monoisotopic (exact) mass is 416 g/mol. The van der Waals surface area contributed by atoms with E-state index in [4.69, 9.17) is 0 Å². The summed E-state index contributed by atoms with van der Waals surface area (Å²) >= 11 is 0. The lowest BCUT2D eigenvalue weighted by atomic mass is 10.1. The zero-order valence-corrected chi connectivity index (χ0v) is 18.2. The number of anilines is 5. The van der Waals surface area contributed by atoms with Gasteiger partial charge in [0.05, 0.1) is 0 Å². The minimum absolute atomic E-state index is 0.273. The zero-order valence-electron chi connectivity index (χ0n) is 18.2. The van der Waals surface area contributed by atoms with Gasteiger partial charge in [-0.2, -0.15) is 4.98 Å². The lowest BCUT2D eigenvalue weighted by Crippen LogP contribution is -2.21. The Morgan fingerprint density at radius 1 is 0.806 bits per heavy atom. The van der Waals surface area contributed by atoms with E-state index in [0.29, 0.717) is 5.69 Å². The van der Waals surface area contributed by atoms with Gasteiger partial charge in [0.1, 0.15) is 5.82 Å². The van der Waals surface area contributed by atoms with Gasteiger partial charge in [-0.1, -0.05) is 6.07 Å². The Hall–Kier alpha value is -3.61. The Bertz CT molecular complexity index is 1070. The van der Waals surface area contributed by atoms with Gasteiger partial charge in [0.2, 0.25) is 5.95 Å². The lowest BCUT2D eigenvalue weighted by molar-refractivity contribution is 0.262. The molecule has 0 spiro atoms. The van der Waals surface area contributed by atoms with E-state index in [1.54, 1.807) is 0 Å². The number of hydrogen-bond donors (Lipinski definition) is 3. The number of carbonyl (C=O) groups excluding carboxylic acids is 1. The molecule has 2 heterocycles. The third-order valence-corrected chi connectivity index (χ3v) is 5.41. The van der Waals surface area contributed by atoms with Crippen molar-refractivity contribution < 1.29 is 4.79 Å². The van der Waals surface area contributed by atoms with Gasteiger partial charge < -0.3 is 20.9 Å². The second kappa shape index (κ2) is 9.04. The van der Waals surface area contributed by atoms with Gasteiger partial charge in [0.25, 0.3) is 0 Å². The first-order valence-electron chi connectivity index (χ1n) is 10.6. The van der Waals surface area contributed by atoms with E-state index >= 15 is 0 Å². The number of aromatic nitrogens is 2. The summed E-state index contributed by atoms with van der Waals surface area (Å²) in [5, 5.41) is 9.06. The van der Waals surface area contributed by atoms with E-state index in [1.807, 2.05) is 69.3 Å². The summed E-state index contributed by atoms with van der Waals surface area (Å²) in [4.78, 5) is 23.8. The van der Waals surface area contributed by atoms with Crippen LogP contribution in [0.15, 0.2) is 48.5 Å². The van der Waals surface area contributed by atoms with Crippen molar-refractivity contribution in [3.8, 4) is 0 Å². The lowest BCUT2D eigenvalue weighted by Gasteiger charge is -2.17. The normalized spacial score (nSPS) is 13.2. The molecule has 0 unspecified atom stereocenters. The number of nitrogens with zero attached hydrogens (tertiary/aromatic N) is 3. The molecule has 2 amide bonds.